The molecule has 2 aromatic rings. The van der Waals surface area contributed by atoms with Gasteiger partial charge in [0.2, 0.25) is 0 Å². The topological polar surface area (TPSA) is 127 Å². The van der Waals surface area contributed by atoms with E-state index < -0.39 is 42.9 Å². The van der Waals surface area contributed by atoms with Gasteiger partial charge in [0.05, 0.1) is 18.1 Å². The van der Waals surface area contributed by atoms with Gasteiger partial charge in [-0.15, -0.1) is 0 Å². The van der Waals surface area contributed by atoms with Gasteiger partial charge in [-0.3, -0.25) is 0 Å². The van der Waals surface area contributed by atoms with E-state index >= 15 is 0 Å². The SMILES string of the molecule is CC1[C@@H](O)C(O)[C@@H](CO)O[C@H]1n1cc(F)c2c(N)ncnc21. The third-order valence-corrected chi connectivity index (χ3v) is 4.08. The Kier molecular flexibility index (Phi) is 3.73. The summed E-state index contributed by atoms with van der Waals surface area (Å²) in [7, 11) is 0. The molecule has 0 amide bonds. The van der Waals surface area contributed by atoms with Crippen molar-refractivity contribution in [3.05, 3.63) is 18.3 Å². The first kappa shape index (κ1) is 15.1. The van der Waals surface area contributed by atoms with E-state index in [0.29, 0.717) is 0 Å². The second-order valence-corrected chi connectivity index (χ2v) is 5.43. The van der Waals surface area contributed by atoms with E-state index in [1.165, 1.54) is 10.9 Å². The van der Waals surface area contributed by atoms with Crippen LogP contribution in [0.3, 0.4) is 0 Å². The first-order valence-corrected chi connectivity index (χ1v) is 6.84. The number of rotatable bonds is 2. The Balaban J connectivity index is 2.09. The van der Waals surface area contributed by atoms with Gasteiger partial charge in [-0.05, 0) is 0 Å². The Labute approximate surface area is 125 Å². The van der Waals surface area contributed by atoms with Crippen LogP contribution in [0, 0.1) is 11.7 Å². The van der Waals surface area contributed by atoms with Crippen LogP contribution in [-0.4, -0.2) is 54.8 Å². The zero-order valence-corrected chi connectivity index (χ0v) is 11.8. The summed E-state index contributed by atoms with van der Waals surface area (Å²) in [4.78, 5) is 7.76. The molecule has 1 aliphatic heterocycles. The van der Waals surface area contributed by atoms with Gasteiger partial charge < -0.3 is 30.4 Å². The number of hydrogen-bond donors (Lipinski definition) is 4. The van der Waals surface area contributed by atoms with Crippen LogP contribution < -0.4 is 5.73 Å². The maximum atomic E-state index is 14.1. The molecule has 120 valence electrons. The van der Waals surface area contributed by atoms with E-state index in [-0.39, 0.29) is 16.9 Å². The Morgan fingerprint density at radius 1 is 1.36 bits per heavy atom. The van der Waals surface area contributed by atoms with Gasteiger partial charge in [-0.25, -0.2) is 14.4 Å². The quantitative estimate of drug-likeness (QED) is 0.583. The minimum atomic E-state index is -1.22. The zero-order chi connectivity index (χ0) is 16.0. The molecule has 5 N–H and O–H groups in total. The monoisotopic (exact) mass is 312 g/mol. The molecule has 0 aliphatic carbocycles. The van der Waals surface area contributed by atoms with Gasteiger partial charge in [-0.2, -0.15) is 0 Å². The number of fused-ring (bicyclic) bond motifs is 1. The van der Waals surface area contributed by atoms with E-state index in [1.54, 1.807) is 6.92 Å². The molecule has 1 fully saturated rings. The number of ether oxygens (including phenoxy) is 1. The molecule has 0 saturated carbocycles. The van der Waals surface area contributed by atoms with Crippen molar-refractivity contribution >= 4 is 16.9 Å². The smallest absolute Gasteiger partial charge is 0.154 e. The van der Waals surface area contributed by atoms with Crippen molar-refractivity contribution < 1.29 is 24.4 Å². The highest BCUT2D eigenvalue weighted by molar-refractivity contribution is 5.86. The molecule has 9 heteroatoms. The second-order valence-electron chi connectivity index (χ2n) is 5.43. The van der Waals surface area contributed by atoms with E-state index in [2.05, 4.69) is 9.97 Å². The van der Waals surface area contributed by atoms with Gasteiger partial charge >= 0.3 is 0 Å². The highest BCUT2D eigenvalue weighted by Gasteiger charge is 2.43. The predicted octanol–water partition coefficient (Wildman–Crippen LogP) is -0.600. The van der Waals surface area contributed by atoms with Crippen LogP contribution in [0.1, 0.15) is 13.2 Å². The average Bonchev–Trinajstić information content (AvgIpc) is 2.84. The summed E-state index contributed by atoms with van der Waals surface area (Å²) in [5.74, 6) is -1.15. The van der Waals surface area contributed by atoms with Gasteiger partial charge in [-0.1, -0.05) is 6.92 Å². The average molecular weight is 312 g/mol. The molecule has 3 rings (SSSR count). The number of nitrogen functional groups attached to an aromatic ring is 1. The van der Waals surface area contributed by atoms with Gasteiger partial charge in [0.1, 0.15) is 30.6 Å². The summed E-state index contributed by atoms with van der Waals surface area (Å²) < 4.78 is 21.1. The van der Waals surface area contributed by atoms with Gasteiger partial charge in [0.25, 0.3) is 0 Å². The third-order valence-electron chi connectivity index (χ3n) is 4.08. The van der Waals surface area contributed by atoms with Crippen LogP contribution >= 0.6 is 0 Å². The van der Waals surface area contributed by atoms with E-state index in [4.69, 9.17) is 10.5 Å². The van der Waals surface area contributed by atoms with Gasteiger partial charge in [0, 0.05) is 12.1 Å². The van der Waals surface area contributed by atoms with Crippen molar-refractivity contribution in [2.45, 2.75) is 31.5 Å². The summed E-state index contributed by atoms with van der Waals surface area (Å²) in [6.45, 7) is 1.18. The molecule has 0 radical (unpaired) electrons. The summed E-state index contributed by atoms with van der Waals surface area (Å²) in [5, 5.41) is 29.3. The van der Waals surface area contributed by atoms with Crippen LogP contribution in [0.4, 0.5) is 10.2 Å². The molecule has 1 aliphatic rings. The molecule has 1 saturated heterocycles. The lowest BCUT2D eigenvalue weighted by Crippen LogP contribution is -2.52. The molecule has 0 bridgehead atoms. The summed E-state index contributed by atoms with van der Waals surface area (Å²) in [6, 6.07) is 0. The number of anilines is 1. The summed E-state index contributed by atoms with van der Waals surface area (Å²) >= 11 is 0. The number of hydrogen-bond acceptors (Lipinski definition) is 7. The molecular weight excluding hydrogens is 295 g/mol. The lowest BCUT2D eigenvalue weighted by Gasteiger charge is -2.41. The number of aliphatic hydroxyl groups is 3. The lowest BCUT2D eigenvalue weighted by molar-refractivity contribution is -0.227. The van der Waals surface area contributed by atoms with E-state index in [0.717, 1.165) is 6.20 Å². The predicted molar refractivity (Wildman–Crippen MR) is 74.1 cm³/mol. The van der Waals surface area contributed by atoms with E-state index in [9.17, 15) is 19.7 Å². The fourth-order valence-electron chi connectivity index (χ4n) is 2.81. The largest absolute Gasteiger partial charge is 0.394 e. The normalized spacial score (nSPS) is 32.5. The highest BCUT2D eigenvalue weighted by Crippen LogP contribution is 2.36. The number of nitrogens with two attached hydrogens (primary N) is 1. The Bertz CT molecular complexity index is 692. The van der Waals surface area contributed by atoms with Crippen LogP contribution in [-0.2, 0) is 4.74 Å². The fraction of sp³-hybridized carbons (Fsp3) is 0.538. The number of halogens is 1. The highest BCUT2D eigenvalue weighted by atomic mass is 19.1. The minimum absolute atomic E-state index is 0.00371. The van der Waals surface area contributed by atoms with E-state index in [1.807, 2.05) is 0 Å². The first-order valence-electron chi connectivity index (χ1n) is 6.84. The molecule has 8 nitrogen and oxygen atoms in total. The maximum absolute atomic E-state index is 14.1. The zero-order valence-electron chi connectivity index (χ0n) is 11.8. The Morgan fingerprint density at radius 2 is 2.09 bits per heavy atom. The third kappa shape index (κ3) is 2.13. The fourth-order valence-corrected chi connectivity index (χ4v) is 2.81. The maximum Gasteiger partial charge on any atom is 0.154 e. The standard InChI is InChI=1S/C13H17FN4O4/c1-5-9(20)10(21)7(3-19)22-13(5)18-2-6(14)8-11(15)16-4-17-12(8)18/h2,4-5,7,9-10,13,19-21H,3H2,1H3,(H2,15,16,17)/t5?,7-,9-,10?,13-/m1/s1. The molecule has 22 heavy (non-hydrogen) atoms. The second kappa shape index (κ2) is 5.43. The van der Waals surface area contributed by atoms with Crippen LogP contribution in [0.15, 0.2) is 12.5 Å². The van der Waals surface area contributed by atoms with Crippen molar-refractivity contribution in [1.29, 1.82) is 0 Å². The summed E-state index contributed by atoms with van der Waals surface area (Å²) in [6.07, 6.45) is -1.77. The molecule has 2 unspecified atom stereocenters. The van der Waals surface area contributed by atoms with Crippen molar-refractivity contribution in [2.75, 3.05) is 12.3 Å². The molecular formula is C13H17FN4O4. The van der Waals surface area contributed by atoms with Crippen molar-refractivity contribution in [2.24, 2.45) is 5.92 Å². The lowest BCUT2D eigenvalue weighted by atomic mass is 9.91. The van der Waals surface area contributed by atoms with Crippen molar-refractivity contribution in [3.63, 3.8) is 0 Å². The molecule has 0 aromatic carbocycles. The van der Waals surface area contributed by atoms with Crippen LogP contribution in [0.25, 0.3) is 11.0 Å². The van der Waals surface area contributed by atoms with Crippen molar-refractivity contribution in [3.8, 4) is 0 Å². The Morgan fingerprint density at radius 3 is 2.77 bits per heavy atom. The summed E-state index contributed by atoms with van der Waals surface area (Å²) in [5.41, 5.74) is 5.89. The number of nitrogens with zero attached hydrogens (tertiary/aromatic N) is 3. The molecule has 2 aromatic heterocycles. The van der Waals surface area contributed by atoms with Crippen molar-refractivity contribution in [1.82, 2.24) is 14.5 Å². The number of aliphatic hydroxyl groups excluding tert-OH is 3. The molecule has 3 heterocycles. The molecule has 5 atom stereocenters. The number of aromatic nitrogens is 3. The van der Waals surface area contributed by atoms with Gasteiger partial charge in [0.15, 0.2) is 11.5 Å². The van der Waals surface area contributed by atoms with Crippen LogP contribution in [0.2, 0.25) is 0 Å². The Hall–Kier alpha value is -1.81. The minimum Gasteiger partial charge on any atom is -0.394 e. The van der Waals surface area contributed by atoms with Crippen LogP contribution in [0.5, 0.6) is 0 Å². The first-order chi connectivity index (χ1) is 10.5. The molecule has 0 spiro atoms.